The van der Waals surface area contributed by atoms with Crippen molar-refractivity contribution in [2.45, 2.75) is 6.42 Å². The molecule has 0 aliphatic carbocycles. The Kier molecular flexibility index (Phi) is 3.05. The van der Waals surface area contributed by atoms with E-state index < -0.39 is 0 Å². The van der Waals surface area contributed by atoms with Crippen molar-refractivity contribution >= 4 is 26.7 Å². The van der Waals surface area contributed by atoms with Crippen molar-refractivity contribution in [3.63, 3.8) is 0 Å². The van der Waals surface area contributed by atoms with Crippen LogP contribution in [0.3, 0.4) is 0 Å². The Labute approximate surface area is 114 Å². The molecule has 5 heteroatoms. The molecule has 3 aromatic rings. The van der Waals surface area contributed by atoms with Gasteiger partial charge in [-0.2, -0.15) is 0 Å². The maximum absolute atomic E-state index is 9.81. The van der Waals surface area contributed by atoms with E-state index in [1.165, 1.54) is 11.3 Å². The van der Waals surface area contributed by atoms with E-state index in [9.17, 15) is 5.11 Å². The molecule has 96 valence electrons. The number of benzene rings is 1. The maximum atomic E-state index is 9.81. The molecule has 0 atom stereocenters. The van der Waals surface area contributed by atoms with E-state index in [1.54, 1.807) is 18.3 Å². The summed E-state index contributed by atoms with van der Waals surface area (Å²) in [7, 11) is 1.85. The number of phenolic OH excluding ortho intramolecular Hbond substituents is 1. The average Bonchev–Trinajstić information content (AvgIpc) is 2.83. The number of aromatic hydroxyl groups is 1. The Bertz CT molecular complexity index is 709. The minimum absolute atomic E-state index is 0.276. The van der Waals surface area contributed by atoms with Crippen LogP contribution in [-0.2, 0) is 6.42 Å². The molecule has 4 nitrogen and oxygen atoms in total. The number of thiazole rings is 1. The SMILES string of the molecule is CNc1nc2c(Cc3cccnc3)cc(O)cc2s1. The van der Waals surface area contributed by atoms with E-state index >= 15 is 0 Å². The maximum Gasteiger partial charge on any atom is 0.183 e. The Morgan fingerprint density at radius 2 is 2.26 bits per heavy atom. The number of nitrogens with one attached hydrogen (secondary N) is 1. The second-order valence-corrected chi connectivity index (χ2v) is 5.29. The van der Waals surface area contributed by atoms with E-state index in [0.29, 0.717) is 6.42 Å². The average molecular weight is 271 g/mol. The zero-order valence-corrected chi connectivity index (χ0v) is 11.2. The van der Waals surface area contributed by atoms with Crippen LogP contribution in [0.4, 0.5) is 5.13 Å². The van der Waals surface area contributed by atoms with Gasteiger partial charge < -0.3 is 10.4 Å². The fourth-order valence-electron chi connectivity index (χ4n) is 2.05. The molecule has 1 aromatic carbocycles. The number of fused-ring (bicyclic) bond motifs is 1. The first kappa shape index (κ1) is 11.9. The Morgan fingerprint density at radius 3 is 3.00 bits per heavy atom. The van der Waals surface area contributed by atoms with Crippen LogP contribution in [0, 0.1) is 0 Å². The summed E-state index contributed by atoms with van der Waals surface area (Å²) in [5, 5.41) is 13.7. The van der Waals surface area contributed by atoms with Gasteiger partial charge in [-0.1, -0.05) is 17.4 Å². The number of aromatic nitrogens is 2. The lowest BCUT2D eigenvalue weighted by Gasteiger charge is -2.03. The Hall–Kier alpha value is -2.14. The van der Waals surface area contributed by atoms with Gasteiger partial charge in [0.1, 0.15) is 5.75 Å². The lowest BCUT2D eigenvalue weighted by Crippen LogP contribution is -1.91. The topological polar surface area (TPSA) is 58.0 Å². The van der Waals surface area contributed by atoms with E-state index in [2.05, 4.69) is 15.3 Å². The molecule has 2 aromatic heterocycles. The number of phenols is 1. The summed E-state index contributed by atoms with van der Waals surface area (Å²) in [5.74, 6) is 0.276. The van der Waals surface area contributed by atoms with E-state index in [1.807, 2.05) is 25.4 Å². The summed E-state index contributed by atoms with van der Waals surface area (Å²) in [5.41, 5.74) is 3.06. The molecular formula is C14H13N3OS. The Morgan fingerprint density at radius 1 is 1.37 bits per heavy atom. The molecule has 0 spiro atoms. The molecule has 0 unspecified atom stereocenters. The van der Waals surface area contributed by atoms with Crippen LogP contribution >= 0.6 is 11.3 Å². The molecule has 3 rings (SSSR count). The molecule has 0 aliphatic rings. The molecular weight excluding hydrogens is 258 g/mol. The van der Waals surface area contributed by atoms with Crippen molar-refractivity contribution in [3.05, 3.63) is 47.8 Å². The van der Waals surface area contributed by atoms with Crippen LogP contribution in [0.5, 0.6) is 5.75 Å². The highest BCUT2D eigenvalue weighted by molar-refractivity contribution is 7.22. The zero-order chi connectivity index (χ0) is 13.2. The third kappa shape index (κ3) is 2.37. The van der Waals surface area contributed by atoms with Gasteiger partial charge in [0.05, 0.1) is 10.2 Å². The normalized spacial score (nSPS) is 10.8. The van der Waals surface area contributed by atoms with Gasteiger partial charge in [0, 0.05) is 25.9 Å². The summed E-state index contributed by atoms with van der Waals surface area (Å²) >= 11 is 1.54. The highest BCUT2D eigenvalue weighted by Crippen LogP contribution is 2.32. The van der Waals surface area contributed by atoms with Gasteiger partial charge in [0.25, 0.3) is 0 Å². The minimum atomic E-state index is 0.276. The highest BCUT2D eigenvalue weighted by Gasteiger charge is 2.10. The fraction of sp³-hybridized carbons (Fsp3) is 0.143. The molecule has 19 heavy (non-hydrogen) atoms. The van der Waals surface area contributed by atoms with Gasteiger partial charge in [0.15, 0.2) is 5.13 Å². The van der Waals surface area contributed by atoms with E-state index in [4.69, 9.17) is 0 Å². The van der Waals surface area contributed by atoms with E-state index in [0.717, 1.165) is 26.5 Å². The molecule has 0 saturated carbocycles. The highest BCUT2D eigenvalue weighted by atomic mass is 32.1. The lowest BCUT2D eigenvalue weighted by atomic mass is 10.1. The number of pyridine rings is 1. The number of anilines is 1. The number of nitrogens with zero attached hydrogens (tertiary/aromatic N) is 2. The second kappa shape index (κ2) is 4.85. The number of rotatable bonds is 3. The summed E-state index contributed by atoms with van der Waals surface area (Å²) < 4.78 is 0.989. The summed E-state index contributed by atoms with van der Waals surface area (Å²) in [6.07, 6.45) is 4.30. The third-order valence-electron chi connectivity index (χ3n) is 2.89. The van der Waals surface area contributed by atoms with Crippen LogP contribution in [0.1, 0.15) is 11.1 Å². The van der Waals surface area contributed by atoms with Gasteiger partial charge in [-0.3, -0.25) is 4.98 Å². The van der Waals surface area contributed by atoms with Crippen LogP contribution in [0.15, 0.2) is 36.7 Å². The molecule has 2 heterocycles. The fourth-order valence-corrected chi connectivity index (χ4v) is 2.95. The van der Waals surface area contributed by atoms with Crippen molar-refractivity contribution in [2.24, 2.45) is 0 Å². The second-order valence-electron chi connectivity index (χ2n) is 4.26. The predicted molar refractivity (Wildman–Crippen MR) is 77.9 cm³/mol. The molecule has 0 fully saturated rings. The summed E-state index contributed by atoms with van der Waals surface area (Å²) in [4.78, 5) is 8.66. The molecule has 2 N–H and O–H groups in total. The molecule has 0 saturated heterocycles. The summed E-state index contributed by atoms with van der Waals surface area (Å²) in [6, 6.07) is 7.46. The van der Waals surface area contributed by atoms with E-state index in [-0.39, 0.29) is 5.75 Å². The quantitative estimate of drug-likeness (QED) is 0.768. The monoisotopic (exact) mass is 271 g/mol. The number of hydrogen-bond donors (Lipinski definition) is 2. The van der Waals surface area contributed by atoms with Crippen LogP contribution in [-0.4, -0.2) is 22.1 Å². The molecule has 0 aliphatic heterocycles. The summed E-state index contributed by atoms with van der Waals surface area (Å²) in [6.45, 7) is 0. The standard InChI is InChI=1S/C14H13N3OS/c1-15-14-17-13-10(5-9-3-2-4-16-8-9)6-11(18)7-12(13)19-14/h2-4,6-8,18H,5H2,1H3,(H,15,17). The van der Waals surface area contributed by atoms with Crippen LogP contribution in [0.25, 0.3) is 10.2 Å². The molecule has 0 bridgehead atoms. The van der Waals surface area contributed by atoms with Crippen LogP contribution < -0.4 is 5.32 Å². The largest absolute Gasteiger partial charge is 0.508 e. The first-order valence-corrected chi connectivity index (χ1v) is 6.77. The first-order valence-electron chi connectivity index (χ1n) is 5.95. The predicted octanol–water partition coefficient (Wildman–Crippen LogP) is 3.03. The van der Waals surface area contributed by atoms with Gasteiger partial charge >= 0.3 is 0 Å². The Balaban J connectivity index is 2.09. The minimum Gasteiger partial charge on any atom is -0.508 e. The number of hydrogen-bond acceptors (Lipinski definition) is 5. The lowest BCUT2D eigenvalue weighted by molar-refractivity contribution is 0.475. The third-order valence-corrected chi connectivity index (χ3v) is 3.91. The van der Waals surface area contributed by atoms with Gasteiger partial charge in [0.2, 0.25) is 0 Å². The van der Waals surface area contributed by atoms with Crippen molar-refractivity contribution in [2.75, 3.05) is 12.4 Å². The molecule has 0 radical (unpaired) electrons. The molecule has 0 amide bonds. The first-order chi connectivity index (χ1) is 9.26. The van der Waals surface area contributed by atoms with Crippen molar-refractivity contribution in [3.8, 4) is 5.75 Å². The smallest absolute Gasteiger partial charge is 0.183 e. The van der Waals surface area contributed by atoms with Crippen LogP contribution in [0.2, 0.25) is 0 Å². The van der Waals surface area contributed by atoms with Gasteiger partial charge in [-0.15, -0.1) is 0 Å². The van der Waals surface area contributed by atoms with Gasteiger partial charge in [-0.05, 0) is 29.3 Å². The van der Waals surface area contributed by atoms with Crippen molar-refractivity contribution in [1.29, 1.82) is 0 Å². The zero-order valence-electron chi connectivity index (χ0n) is 10.4. The van der Waals surface area contributed by atoms with Gasteiger partial charge in [-0.25, -0.2) is 4.98 Å². The van der Waals surface area contributed by atoms with Crippen molar-refractivity contribution < 1.29 is 5.11 Å². The van der Waals surface area contributed by atoms with Crippen molar-refractivity contribution in [1.82, 2.24) is 9.97 Å².